The van der Waals surface area contributed by atoms with Gasteiger partial charge in [-0.05, 0) is 56.5 Å². The van der Waals surface area contributed by atoms with Gasteiger partial charge in [0.2, 0.25) is 0 Å². The van der Waals surface area contributed by atoms with Gasteiger partial charge in [-0.3, -0.25) is 4.90 Å². The maximum atomic E-state index is 10.0. The third kappa shape index (κ3) is 4.78. The van der Waals surface area contributed by atoms with Crippen LogP contribution in [0.5, 0.6) is 5.75 Å². The standard InChI is InChI=1S/C16H25NO3/c1-12-6-13(2)8-16(7-12)20-11-15(19)10-17-5-3-4-14(18)9-17/h6-8,14-15,18-19H,3-5,9-11H2,1-2H3/t14-,15-/m1/s1. The minimum atomic E-state index is -0.527. The largest absolute Gasteiger partial charge is 0.491 e. The van der Waals surface area contributed by atoms with Crippen LogP contribution in [0.25, 0.3) is 0 Å². The smallest absolute Gasteiger partial charge is 0.119 e. The van der Waals surface area contributed by atoms with Crippen molar-refractivity contribution in [1.29, 1.82) is 0 Å². The van der Waals surface area contributed by atoms with Crippen LogP contribution in [-0.4, -0.2) is 53.6 Å². The summed E-state index contributed by atoms with van der Waals surface area (Å²) in [6.45, 7) is 6.51. The quantitative estimate of drug-likeness (QED) is 0.857. The first-order valence-corrected chi connectivity index (χ1v) is 7.32. The SMILES string of the molecule is Cc1cc(C)cc(OC[C@H](O)CN2CCC[C@@H](O)C2)c1. The molecule has 2 rings (SSSR count). The Morgan fingerprint density at radius 1 is 1.30 bits per heavy atom. The maximum Gasteiger partial charge on any atom is 0.119 e. The van der Waals surface area contributed by atoms with E-state index in [0.29, 0.717) is 13.1 Å². The molecule has 0 radical (unpaired) electrons. The van der Waals surface area contributed by atoms with E-state index in [-0.39, 0.29) is 12.7 Å². The summed E-state index contributed by atoms with van der Waals surface area (Å²) in [5, 5.41) is 19.6. The Morgan fingerprint density at radius 2 is 2.00 bits per heavy atom. The molecule has 1 aliphatic rings. The molecule has 0 unspecified atom stereocenters. The van der Waals surface area contributed by atoms with Crippen LogP contribution < -0.4 is 4.74 Å². The van der Waals surface area contributed by atoms with E-state index in [9.17, 15) is 10.2 Å². The number of β-amino-alcohol motifs (C(OH)–C–C–N with tert-alkyl or cyclic N) is 2. The molecule has 20 heavy (non-hydrogen) atoms. The Hall–Kier alpha value is -1.10. The summed E-state index contributed by atoms with van der Waals surface area (Å²) in [5.41, 5.74) is 2.32. The molecule has 0 saturated carbocycles. The number of hydrogen-bond acceptors (Lipinski definition) is 4. The molecule has 4 nitrogen and oxygen atoms in total. The molecule has 1 aromatic rings. The molecule has 0 aromatic heterocycles. The predicted octanol–water partition coefficient (Wildman–Crippen LogP) is 1.50. The third-order valence-corrected chi connectivity index (χ3v) is 3.59. The highest BCUT2D eigenvalue weighted by Gasteiger charge is 2.20. The number of ether oxygens (including phenoxy) is 1. The highest BCUT2D eigenvalue weighted by atomic mass is 16.5. The van der Waals surface area contributed by atoms with Crippen molar-refractivity contribution >= 4 is 0 Å². The summed E-state index contributed by atoms with van der Waals surface area (Å²) in [6.07, 6.45) is 1.08. The number of benzene rings is 1. The van der Waals surface area contributed by atoms with Crippen LogP contribution in [-0.2, 0) is 0 Å². The molecule has 2 N–H and O–H groups in total. The van der Waals surface area contributed by atoms with Crippen LogP contribution in [0.3, 0.4) is 0 Å². The lowest BCUT2D eigenvalue weighted by Gasteiger charge is -2.31. The monoisotopic (exact) mass is 279 g/mol. The summed E-state index contributed by atoms with van der Waals surface area (Å²) in [6, 6.07) is 6.05. The van der Waals surface area contributed by atoms with Crippen LogP contribution in [0.4, 0.5) is 0 Å². The summed E-state index contributed by atoms with van der Waals surface area (Å²) in [4.78, 5) is 2.10. The van der Waals surface area contributed by atoms with Crippen molar-refractivity contribution in [1.82, 2.24) is 4.90 Å². The topological polar surface area (TPSA) is 52.9 Å². The minimum Gasteiger partial charge on any atom is -0.491 e. The molecule has 1 aromatic carbocycles. The van der Waals surface area contributed by atoms with Crippen LogP contribution in [0.1, 0.15) is 24.0 Å². The second kappa shape index (κ2) is 7.07. The lowest BCUT2D eigenvalue weighted by atomic mass is 10.1. The van der Waals surface area contributed by atoms with Crippen LogP contribution in [0.15, 0.2) is 18.2 Å². The summed E-state index contributed by atoms with van der Waals surface area (Å²) < 4.78 is 5.66. The van der Waals surface area contributed by atoms with Gasteiger partial charge in [-0.2, -0.15) is 0 Å². The van der Waals surface area contributed by atoms with Crippen molar-refractivity contribution < 1.29 is 14.9 Å². The summed E-state index contributed by atoms with van der Waals surface area (Å²) in [7, 11) is 0. The number of aliphatic hydroxyl groups excluding tert-OH is 2. The molecule has 0 aliphatic carbocycles. The van der Waals surface area contributed by atoms with Gasteiger partial charge in [0.05, 0.1) is 6.10 Å². The van der Waals surface area contributed by atoms with E-state index in [1.165, 1.54) is 0 Å². The average Bonchev–Trinajstić information content (AvgIpc) is 2.35. The molecule has 0 bridgehead atoms. The Morgan fingerprint density at radius 3 is 2.65 bits per heavy atom. The van der Waals surface area contributed by atoms with E-state index < -0.39 is 6.10 Å². The number of hydrogen-bond donors (Lipinski definition) is 2. The fourth-order valence-corrected chi connectivity index (χ4v) is 2.76. The van der Waals surface area contributed by atoms with Crippen molar-refractivity contribution in [2.75, 3.05) is 26.2 Å². The number of nitrogens with zero attached hydrogens (tertiary/aromatic N) is 1. The first-order chi connectivity index (χ1) is 9.52. The number of likely N-dealkylation sites (tertiary alicyclic amines) is 1. The molecule has 1 fully saturated rings. The van der Waals surface area contributed by atoms with Gasteiger partial charge in [0.15, 0.2) is 0 Å². The van der Waals surface area contributed by atoms with Gasteiger partial charge in [0, 0.05) is 13.1 Å². The molecule has 1 heterocycles. The summed E-state index contributed by atoms with van der Waals surface area (Å²) in [5.74, 6) is 0.806. The fraction of sp³-hybridized carbons (Fsp3) is 0.625. The van der Waals surface area contributed by atoms with E-state index in [4.69, 9.17) is 4.74 Å². The second-order valence-corrected chi connectivity index (χ2v) is 5.84. The first kappa shape index (κ1) is 15.3. The maximum absolute atomic E-state index is 10.0. The lowest BCUT2D eigenvalue weighted by Crippen LogP contribution is -2.43. The number of rotatable bonds is 5. The third-order valence-electron chi connectivity index (χ3n) is 3.59. The minimum absolute atomic E-state index is 0.253. The van der Waals surface area contributed by atoms with Gasteiger partial charge in [0.25, 0.3) is 0 Å². The normalized spacial score (nSPS) is 21.7. The zero-order valence-electron chi connectivity index (χ0n) is 12.4. The highest BCUT2D eigenvalue weighted by Crippen LogP contribution is 2.16. The number of aliphatic hydroxyl groups is 2. The molecular formula is C16H25NO3. The molecule has 0 spiro atoms. The second-order valence-electron chi connectivity index (χ2n) is 5.84. The molecule has 0 amide bonds. The Labute approximate surface area is 121 Å². The Bertz CT molecular complexity index is 415. The zero-order valence-corrected chi connectivity index (χ0v) is 12.4. The Balaban J connectivity index is 1.78. The number of aryl methyl sites for hydroxylation is 2. The van der Waals surface area contributed by atoms with Gasteiger partial charge < -0.3 is 14.9 Å². The van der Waals surface area contributed by atoms with Crippen molar-refractivity contribution in [3.63, 3.8) is 0 Å². The van der Waals surface area contributed by atoms with Crippen molar-refractivity contribution in [3.05, 3.63) is 29.3 Å². The van der Waals surface area contributed by atoms with E-state index in [2.05, 4.69) is 11.0 Å². The van der Waals surface area contributed by atoms with Gasteiger partial charge in [-0.25, -0.2) is 0 Å². The van der Waals surface area contributed by atoms with Crippen molar-refractivity contribution in [3.8, 4) is 5.75 Å². The van der Waals surface area contributed by atoms with Gasteiger partial charge in [0.1, 0.15) is 18.5 Å². The van der Waals surface area contributed by atoms with Crippen molar-refractivity contribution in [2.45, 2.75) is 38.9 Å². The molecule has 112 valence electrons. The van der Waals surface area contributed by atoms with Gasteiger partial charge >= 0.3 is 0 Å². The van der Waals surface area contributed by atoms with E-state index in [1.807, 2.05) is 26.0 Å². The van der Waals surface area contributed by atoms with Gasteiger partial charge in [-0.1, -0.05) is 6.07 Å². The summed E-state index contributed by atoms with van der Waals surface area (Å²) >= 11 is 0. The van der Waals surface area contributed by atoms with Crippen molar-refractivity contribution in [2.24, 2.45) is 0 Å². The van der Waals surface area contributed by atoms with Crippen LogP contribution in [0.2, 0.25) is 0 Å². The molecule has 4 heteroatoms. The number of piperidine rings is 1. The van der Waals surface area contributed by atoms with E-state index in [0.717, 1.165) is 36.3 Å². The Kier molecular flexibility index (Phi) is 5.40. The molecule has 1 saturated heterocycles. The average molecular weight is 279 g/mol. The zero-order chi connectivity index (χ0) is 14.5. The van der Waals surface area contributed by atoms with Crippen LogP contribution in [0, 0.1) is 13.8 Å². The molecular weight excluding hydrogens is 254 g/mol. The van der Waals surface area contributed by atoms with E-state index in [1.54, 1.807) is 0 Å². The van der Waals surface area contributed by atoms with Crippen LogP contribution >= 0.6 is 0 Å². The van der Waals surface area contributed by atoms with Gasteiger partial charge in [-0.15, -0.1) is 0 Å². The first-order valence-electron chi connectivity index (χ1n) is 7.32. The van der Waals surface area contributed by atoms with E-state index >= 15 is 0 Å². The molecule has 2 atom stereocenters. The molecule has 1 aliphatic heterocycles. The fourth-order valence-electron chi connectivity index (χ4n) is 2.76. The predicted molar refractivity (Wildman–Crippen MR) is 79.1 cm³/mol. The lowest BCUT2D eigenvalue weighted by molar-refractivity contribution is 0.0243. The highest BCUT2D eigenvalue weighted by molar-refractivity contribution is 5.32.